The molecule has 1 aromatic heterocycles. The predicted octanol–water partition coefficient (Wildman–Crippen LogP) is 1.47. The molecule has 0 unspecified atom stereocenters. The van der Waals surface area contributed by atoms with Crippen molar-refractivity contribution in [2.24, 2.45) is 5.73 Å². The van der Waals surface area contributed by atoms with Gasteiger partial charge < -0.3 is 5.73 Å². The third-order valence-electron chi connectivity index (χ3n) is 2.70. The highest BCUT2D eigenvalue weighted by molar-refractivity contribution is 5.46. The van der Waals surface area contributed by atoms with E-state index in [1.165, 1.54) is 0 Å². The molecular weight excluding hydrogens is 214 g/mol. The van der Waals surface area contributed by atoms with Crippen LogP contribution in [-0.2, 0) is 5.54 Å². The Morgan fingerprint density at radius 2 is 1.76 bits per heavy atom. The van der Waals surface area contributed by atoms with Crippen LogP contribution in [0.4, 0.5) is 0 Å². The fourth-order valence-electron chi connectivity index (χ4n) is 1.88. The van der Waals surface area contributed by atoms with Crippen LogP contribution in [0.25, 0.3) is 5.69 Å². The van der Waals surface area contributed by atoms with Gasteiger partial charge in [-0.25, -0.2) is 0 Å². The highest BCUT2D eigenvalue weighted by Gasteiger charge is 2.24. The first-order chi connectivity index (χ1) is 7.91. The fraction of sp³-hybridized carbons (Fsp3) is 0.417. The number of tetrazole rings is 1. The second kappa shape index (κ2) is 3.92. The number of rotatable bonds is 2. The summed E-state index contributed by atoms with van der Waals surface area (Å²) in [6, 6.07) is 6.10. The van der Waals surface area contributed by atoms with Crippen LogP contribution in [0, 0.1) is 13.8 Å². The topological polar surface area (TPSA) is 69.6 Å². The number of para-hydroxylation sites is 1. The summed E-state index contributed by atoms with van der Waals surface area (Å²) in [5, 5.41) is 11.8. The molecule has 0 saturated heterocycles. The van der Waals surface area contributed by atoms with Gasteiger partial charge in [-0.1, -0.05) is 18.2 Å². The van der Waals surface area contributed by atoms with E-state index in [4.69, 9.17) is 5.73 Å². The average Bonchev–Trinajstić information content (AvgIpc) is 2.65. The average molecular weight is 231 g/mol. The van der Waals surface area contributed by atoms with Crippen molar-refractivity contribution >= 4 is 0 Å². The van der Waals surface area contributed by atoms with E-state index >= 15 is 0 Å². The van der Waals surface area contributed by atoms with Crippen molar-refractivity contribution < 1.29 is 0 Å². The molecule has 5 heteroatoms. The van der Waals surface area contributed by atoms with Crippen molar-refractivity contribution in [3.8, 4) is 5.69 Å². The van der Waals surface area contributed by atoms with Crippen molar-refractivity contribution in [1.29, 1.82) is 0 Å². The molecule has 90 valence electrons. The minimum Gasteiger partial charge on any atom is -0.319 e. The fourth-order valence-corrected chi connectivity index (χ4v) is 1.88. The molecule has 1 heterocycles. The van der Waals surface area contributed by atoms with Crippen LogP contribution in [0.3, 0.4) is 0 Å². The van der Waals surface area contributed by atoms with Crippen molar-refractivity contribution in [3.63, 3.8) is 0 Å². The minimum absolute atomic E-state index is 0.571. The molecule has 0 bridgehead atoms. The molecule has 0 aliphatic rings. The summed E-state index contributed by atoms with van der Waals surface area (Å²) < 4.78 is 1.73. The Hall–Kier alpha value is -1.75. The van der Waals surface area contributed by atoms with Crippen LogP contribution in [-0.4, -0.2) is 20.2 Å². The molecule has 17 heavy (non-hydrogen) atoms. The van der Waals surface area contributed by atoms with E-state index in [9.17, 15) is 0 Å². The molecule has 2 rings (SSSR count). The molecule has 2 aromatic rings. The summed E-state index contributed by atoms with van der Waals surface area (Å²) in [5.74, 6) is 0.662. The van der Waals surface area contributed by atoms with Gasteiger partial charge in [0.15, 0.2) is 5.82 Å². The molecule has 0 saturated carbocycles. The summed E-state index contributed by atoms with van der Waals surface area (Å²) in [4.78, 5) is 0. The Morgan fingerprint density at radius 3 is 2.29 bits per heavy atom. The SMILES string of the molecule is Cc1cccc(C)c1-n1nnnc1C(C)(C)N. The Morgan fingerprint density at radius 1 is 1.18 bits per heavy atom. The zero-order valence-electron chi connectivity index (χ0n) is 10.6. The quantitative estimate of drug-likeness (QED) is 0.849. The number of nitrogens with zero attached hydrogens (tertiary/aromatic N) is 4. The molecule has 0 radical (unpaired) electrons. The minimum atomic E-state index is -0.571. The monoisotopic (exact) mass is 231 g/mol. The number of hydrogen-bond donors (Lipinski definition) is 1. The van der Waals surface area contributed by atoms with Crippen LogP contribution in [0.15, 0.2) is 18.2 Å². The van der Waals surface area contributed by atoms with Gasteiger partial charge in [0, 0.05) is 0 Å². The van der Waals surface area contributed by atoms with Crippen molar-refractivity contribution in [2.75, 3.05) is 0 Å². The number of hydrogen-bond acceptors (Lipinski definition) is 4. The van der Waals surface area contributed by atoms with Crippen LogP contribution in [0.1, 0.15) is 30.8 Å². The zero-order valence-corrected chi connectivity index (χ0v) is 10.6. The molecule has 5 nitrogen and oxygen atoms in total. The number of benzene rings is 1. The molecule has 0 aliphatic heterocycles. The third-order valence-corrected chi connectivity index (χ3v) is 2.70. The first-order valence-electron chi connectivity index (χ1n) is 5.55. The molecule has 1 aromatic carbocycles. The molecule has 0 amide bonds. The first-order valence-corrected chi connectivity index (χ1v) is 5.55. The van der Waals surface area contributed by atoms with Gasteiger partial charge in [0.05, 0.1) is 11.2 Å². The van der Waals surface area contributed by atoms with Crippen LogP contribution in [0.5, 0.6) is 0 Å². The molecule has 0 aliphatic carbocycles. The van der Waals surface area contributed by atoms with Gasteiger partial charge >= 0.3 is 0 Å². The van der Waals surface area contributed by atoms with Gasteiger partial charge in [-0.15, -0.1) is 5.10 Å². The van der Waals surface area contributed by atoms with Crippen molar-refractivity contribution in [1.82, 2.24) is 20.2 Å². The van der Waals surface area contributed by atoms with E-state index in [1.54, 1.807) is 4.68 Å². The van der Waals surface area contributed by atoms with E-state index in [1.807, 2.05) is 45.9 Å². The Balaban J connectivity index is 2.66. The summed E-state index contributed by atoms with van der Waals surface area (Å²) in [6.45, 7) is 7.86. The zero-order chi connectivity index (χ0) is 12.6. The van der Waals surface area contributed by atoms with Gasteiger partial charge in [0.25, 0.3) is 0 Å². The maximum atomic E-state index is 6.08. The lowest BCUT2D eigenvalue weighted by Crippen LogP contribution is -2.32. The maximum absolute atomic E-state index is 6.08. The predicted molar refractivity (Wildman–Crippen MR) is 65.8 cm³/mol. The highest BCUT2D eigenvalue weighted by Crippen LogP contribution is 2.22. The van der Waals surface area contributed by atoms with Gasteiger partial charge in [-0.2, -0.15) is 4.68 Å². The third kappa shape index (κ3) is 2.06. The van der Waals surface area contributed by atoms with Gasteiger partial charge in [0.2, 0.25) is 0 Å². The van der Waals surface area contributed by atoms with Crippen molar-refractivity contribution in [3.05, 3.63) is 35.2 Å². The van der Waals surface area contributed by atoms with Gasteiger partial charge in [-0.05, 0) is 49.2 Å². The van der Waals surface area contributed by atoms with E-state index in [0.29, 0.717) is 5.82 Å². The normalized spacial score (nSPS) is 11.8. The van der Waals surface area contributed by atoms with Gasteiger partial charge in [-0.3, -0.25) is 0 Å². The molecule has 2 N–H and O–H groups in total. The molecular formula is C12H17N5. The first kappa shape index (κ1) is 11.7. The number of aryl methyl sites for hydroxylation is 2. The van der Waals surface area contributed by atoms with E-state index in [-0.39, 0.29) is 0 Å². The Labute approximate surface area is 101 Å². The summed E-state index contributed by atoms with van der Waals surface area (Å²) in [6.07, 6.45) is 0. The lowest BCUT2D eigenvalue weighted by molar-refractivity contribution is 0.496. The number of nitrogens with two attached hydrogens (primary N) is 1. The smallest absolute Gasteiger partial charge is 0.175 e. The second-order valence-corrected chi connectivity index (χ2v) is 4.88. The maximum Gasteiger partial charge on any atom is 0.175 e. The van der Waals surface area contributed by atoms with E-state index in [2.05, 4.69) is 15.5 Å². The lowest BCUT2D eigenvalue weighted by Gasteiger charge is -2.19. The van der Waals surface area contributed by atoms with E-state index in [0.717, 1.165) is 16.8 Å². The Kier molecular flexibility index (Phi) is 2.71. The van der Waals surface area contributed by atoms with Crippen LogP contribution >= 0.6 is 0 Å². The van der Waals surface area contributed by atoms with Crippen LogP contribution in [0.2, 0.25) is 0 Å². The molecule has 0 atom stereocenters. The summed E-state index contributed by atoms with van der Waals surface area (Å²) in [5.41, 5.74) is 8.77. The summed E-state index contributed by atoms with van der Waals surface area (Å²) in [7, 11) is 0. The second-order valence-electron chi connectivity index (χ2n) is 4.88. The Bertz CT molecular complexity index is 516. The summed E-state index contributed by atoms with van der Waals surface area (Å²) >= 11 is 0. The van der Waals surface area contributed by atoms with E-state index < -0.39 is 5.54 Å². The highest BCUT2D eigenvalue weighted by atomic mass is 15.5. The lowest BCUT2D eigenvalue weighted by atomic mass is 10.0. The largest absolute Gasteiger partial charge is 0.319 e. The number of aromatic nitrogens is 4. The standard InChI is InChI=1S/C12H17N5/c1-8-6-5-7-9(2)10(8)17-11(12(3,4)13)14-15-16-17/h5-7H,13H2,1-4H3. The molecule has 0 fully saturated rings. The molecule has 0 spiro atoms. The van der Waals surface area contributed by atoms with Crippen molar-refractivity contribution in [2.45, 2.75) is 33.2 Å². The van der Waals surface area contributed by atoms with Crippen LogP contribution < -0.4 is 5.73 Å². The van der Waals surface area contributed by atoms with Gasteiger partial charge in [0.1, 0.15) is 0 Å².